The van der Waals surface area contributed by atoms with Crippen molar-refractivity contribution in [2.24, 2.45) is 0 Å². The van der Waals surface area contributed by atoms with Crippen LogP contribution in [0.2, 0.25) is 0 Å². The Hall–Kier alpha value is -2.53. The molecule has 2 aromatic rings. The molecule has 0 amide bonds. The number of aliphatic hydroxyl groups is 2. The first kappa shape index (κ1) is 32.4. The lowest BCUT2D eigenvalue weighted by Gasteiger charge is -2.38. The third kappa shape index (κ3) is 6.27. The van der Waals surface area contributed by atoms with E-state index < -0.39 is 42.9 Å². The predicted octanol–water partition coefficient (Wildman–Crippen LogP) is 0.608. The van der Waals surface area contributed by atoms with Crippen LogP contribution in [0.5, 0.6) is 5.75 Å². The largest absolute Gasteiger partial charge is 0.491 e. The van der Waals surface area contributed by atoms with Gasteiger partial charge in [0.2, 0.25) is 10.0 Å². The summed E-state index contributed by atoms with van der Waals surface area (Å²) >= 11 is 0. The van der Waals surface area contributed by atoms with Gasteiger partial charge in [-0.15, -0.1) is 0 Å². The first-order valence-electron chi connectivity index (χ1n) is 15.4. The van der Waals surface area contributed by atoms with Gasteiger partial charge in [0.1, 0.15) is 23.4 Å². The highest BCUT2D eigenvalue weighted by Gasteiger charge is 2.54. The van der Waals surface area contributed by atoms with E-state index in [0.29, 0.717) is 57.6 Å². The van der Waals surface area contributed by atoms with Crippen LogP contribution in [0.1, 0.15) is 32.1 Å². The molecular weight excluding hydrogens is 622 g/mol. The molecule has 248 valence electrons. The highest BCUT2D eigenvalue weighted by Crippen LogP contribution is 2.46. The van der Waals surface area contributed by atoms with Gasteiger partial charge in [0.15, 0.2) is 15.7 Å². The van der Waals surface area contributed by atoms with Gasteiger partial charge in [0.25, 0.3) is 0 Å². The van der Waals surface area contributed by atoms with Crippen LogP contribution in [0.25, 0.3) is 0 Å². The minimum atomic E-state index is -3.70. The first-order valence-corrected chi connectivity index (χ1v) is 18.4. The number of nitrogens with one attached hydrogen (secondary N) is 1. The Balaban J connectivity index is 0.974. The zero-order chi connectivity index (χ0) is 32.0. The van der Waals surface area contributed by atoms with Crippen LogP contribution in [0.3, 0.4) is 0 Å². The van der Waals surface area contributed by atoms with Gasteiger partial charge in [0.05, 0.1) is 34.1 Å². The third-order valence-electron chi connectivity index (χ3n) is 9.71. The van der Waals surface area contributed by atoms with Crippen molar-refractivity contribution in [3.8, 4) is 5.75 Å². The standard InChI is InChI=1S/C30H43N5O8S2/c1-33-12-13-34(2)28-27(33)15-26(18-32-28)45(40,41)35-10-8-29(9-11-35)16-22(19-43-29)31-17-23(37)20-42-24-4-3-5-25(14-24)44(38,39)30(21-36)6-7-30/h3-5,14-15,18,22-23,31,36-37H,6-13,16-17,19-21H2,1-2H3/t22-,23+/m1/s1. The fourth-order valence-electron chi connectivity index (χ4n) is 6.46. The number of piperidine rings is 1. The third-order valence-corrected chi connectivity index (χ3v) is 14.1. The maximum Gasteiger partial charge on any atom is 0.244 e. The summed E-state index contributed by atoms with van der Waals surface area (Å²) in [4.78, 5) is 8.83. The smallest absolute Gasteiger partial charge is 0.244 e. The molecule has 15 heteroatoms. The molecule has 6 rings (SSSR count). The van der Waals surface area contributed by atoms with Crippen LogP contribution < -0.4 is 19.9 Å². The number of benzene rings is 1. The van der Waals surface area contributed by atoms with Crippen molar-refractivity contribution in [2.75, 3.05) is 76.4 Å². The van der Waals surface area contributed by atoms with Gasteiger partial charge < -0.3 is 34.8 Å². The number of hydrogen-bond donors (Lipinski definition) is 3. The van der Waals surface area contributed by atoms with Gasteiger partial charge in [-0.2, -0.15) is 4.31 Å². The summed E-state index contributed by atoms with van der Waals surface area (Å²) in [6, 6.07) is 7.88. The van der Waals surface area contributed by atoms with Gasteiger partial charge in [-0.05, 0) is 56.4 Å². The second-order valence-electron chi connectivity index (χ2n) is 12.8. The van der Waals surface area contributed by atoms with Gasteiger partial charge in [-0.25, -0.2) is 21.8 Å². The van der Waals surface area contributed by atoms with Crippen molar-refractivity contribution in [1.82, 2.24) is 14.6 Å². The van der Waals surface area contributed by atoms with Crippen LogP contribution in [0.4, 0.5) is 11.5 Å². The Morgan fingerprint density at radius 3 is 2.49 bits per heavy atom. The van der Waals surface area contributed by atoms with Crippen molar-refractivity contribution >= 4 is 31.4 Å². The number of aliphatic hydroxyl groups excluding tert-OH is 2. The minimum Gasteiger partial charge on any atom is -0.491 e. The lowest BCUT2D eigenvalue weighted by molar-refractivity contribution is -0.0312. The summed E-state index contributed by atoms with van der Waals surface area (Å²) in [7, 11) is -3.47. The molecule has 1 aliphatic carbocycles. The van der Waals surface area contributed by atoms with Crippen molar-refractivity contribution in [1.29, 1.82) is 0 Å². The molecule has 0 radical (unpaired) electrons. The molecule has 0 unspecified atom stereocenters. The van der Waals surface area contributed by atoms with Crippen LogP contribution >= 0.6 is 0 Å². The molecule has 4 heterocycles. The van der Waals surface area contributed by atoms with Crippen molar-refractivity contribution < 1.29 is 36.5 Å². The highest BCUT2D eigenvalue weighted by atomic mass is 32.2. The summed E-state index contributed by atoms with van der Waals surface area (Å²) in [5.41, 5.74) is 0.395. The quantitative estimate of drug-likeness (QED) is 0.307. The molecular formula is C30H43N5O8S2. The number of ether oxygens (including phenoxy) is 2. The summed E-state index contributed by atoms with van der Waals surface area (Å²) in [6.07, 6.45) is 3.35. The van der Waals surface area contributed by atoms with Crippen LogP contribution in [-0.2, 0) is 24.6 Å². The summed E-state index contributed by atoms with van der Waals surface area (Å²) in [6.45, 7) is 2.61. The number of rotatable bonds is 11. The molecule has 4 aliphatic rings. The fourth-order valence-corrected chi connectivity index (χ4v) is 9.71. The number of sulfone groups is 1. The topological polar surface area (TPSA) is 162 Å². The molecule has 3 N–H and O–H groups in total. The van der Waals surface area contributed by atoms with E-state index in [1.165, 1.54) is 22.6 Å². The normalized spacial score (nSPS) is 23.6. The Morgan fingerprint density at radius 2 is 1.78 bits per heavy atom. The average Bonchev–Trinajstić information content (AvgIpc) is 3.77. The van der Waals surface area contributed by atoms with Crippen molar-refractivity contribution in [2.45, 2.75) is 64.4 Å². The van der Waals surface area contributed by atoms with Crippen molar-refractivity contribution in [3.63, 3.8) is 0 Å². The maximum atomic E-state index is 13.5. The molecule has 3 aliphatic heterocycles. The molecule has 2 saturated heterocycles. The Bertz CT molecular complexity index is 1610. The van der Waals surface area contributed by atoms with E-state index in [-0.39, 0.29) is 29.0 Å². The lowest BCUT2D eigenvalue weighted by atomic mass is 9.88. The van der Waals surface area contributed by atoms with E-state index in [1.54, 1.807) is 18.2 Å². The zero-order valence-electron chi connectivity index (χ0n) is 25.8. The molecule has 1 spiro atoms. The second-order valence-corrected chi connectivity index (χ2v) is 17.1. The second kappa shape index (κ2) is 12.2. The Morgan fingerprint density at radius 1 is 1.04 bits per heavy atom. The highest BCUT2D eigenvalue weighted by molar-refractivity contribution is 7.93. The van der Waals surface area contributed by atoms with Crippen LogP contribution in [0, 0.1) is 0 Å². The summed E-state index contributed by atoms with van der Waals surface area (Å²) < 4.78 is 65.2. The van der Waals surface area contributed by atoms with E-state index in [9.17, 15) is 27.0 Å². The molecule has 1 aromatic carbocycles. The van der Waals surface area contributed by atoms with Crippen LogP contribution in [0.15, 0.2) is 46.3 Å². The molecule has 1 saturated carbocycles. The molecule has 45 heavy (non-hydrogen) atoms. The number of pyridine rings is 1. The number of sulfonamides is 1. The van der Waals surface area contributed by atoms with E-state index in [2.05, 4.69) is 10.3 Å². The fraction of sp³-hybridized carbons (Fsp3) is 0.633. The molecule has 13 nitrogen and oxygen atoms in total. The summed E-state index contributed by atoms with van der Waals surface area (Å²) in [5, 5.41) is 23.5. The summed E-state index contributed by atoms with van der Waals surface area (Å²) in [5.74, 6) is 1.11. The predicted molar refractivity (Wildman–Crippen MR) is 168 cm³/mol. The number of hydrogen-bond acceptors (Lipinski definition) is 12. The molecule has 2 atom stereocenters. The lowest BCUT2D eigenvalue weighted by Crippen LogP contribution is -2.47. The number of anilines is 2. The van der Waals surface area contributed by atoms with E-state index in [4.69, 9.17) is 9.47 Å². The monoisotopic (exact) mass is 665 g/mol. The molecule has 0 bridgehead atoms. The van der Waals surface area contributed by atoms with Gasteiger partial charge in [-0.1, -0.05) is 6.07 Å². The van der Waals surface area contributed by atoms with Gasteiger partial charge >= 0.3 is 0 Å². The minimum absolute atomic E-state index is 0.00173. The van der Waals surface area contributed by atoms with Crippen LogP contribution in [-0.4, -0.2) is 125 Å². The number of nitrogens with zero attached hydrogens (tertiary/aromatic N) is 4. The number of fused-ring (bicyclic) bond motifs is 1. The Kier molecular flexibility index (Phi) is 8.82. The molecule has 1 aromatic heterocycles. The van der Waals surface area contributed by atoms with Gasteiger partial charge in [0, 0.05) is 59.1 Å². The van der Waals surface area contributed by atoms with Crippen molar-refractivity contribution in [3.05, 3.63) is 36.5 Å². The van der Waals surface area contributed by atoms with E-state index >= 15 is 0 Å². The van der Waals surface area contributed by atoms with E-state index in [1.807, 2.05) is 23.9 Å². The maximum absolute atomic E-state index is 13.5. The first-order chi connectivity index (χ1) is 21.4. The zero-order valence-corrected chi connectivity index (χ0v) is 27.4. The number of likely N-dealkylation sites (N-methyl/N-ethyl adjacent to an activating group) is 2. The average molecular weight is 666 g/mol. The number of aromatic nitrogens is 1. The van der Waals surface area contributed by atoms with Gasteiger partial charge in [-0.3, -0.25) is 0 Å². The molecule has 3 fully saturated rings. The SMILES string of the molecule is CN1CCN(C)c2ncc(S(=O)(=O)N3CCC4(CC3)C[C@@H](NC[C@H](O)COc3cccc(S(=O)(=O)C5(CO)CC5)c3)CO4)cc21. The Labute approximate surface area is 265 Å². The van der Waals surface area contributed by atoms with E-state index in [0.717, 1.165) is 24.6 Å².